The Labute approximate surface area is 126 Å². The first-order valence-corrected chi connectivity index (χ1v) is 7.73. The highest BCUT2D eigenvalue weighted by Crippen LogP contribution is 2.25. The number of nitrogens with zero attached hydrogens (tertiary/aromatic N) is 1. The number of aliphatic hydroxyl groups is 1. The third kappa shape index (κ3) is 4.74. The first-order valence-electron chi connectivity index (χ1n) is 7.35. The molecular weight excluding hydrogens is 274 g/mol. The molecule has 0 aromatic heterocycles. The van der Waals surface area contributed by atoms with Gasteiger partial charge in [0.15, 0.2) is 0 Å². The Kier molecular flexibility index (Phi) is 6.30. The quantitative estimate of drug-likeness (QED) is 0.876. The van der Waals surface area contributed by atoms with Crippen molar-refractivity contribution >= 4 is 11.6 Å². The van der Waals surface area contributed by atoms with Crippen molar-refractivity contribution in [2.75, 3.05) is 33.4 Å². The minimum Gasteiger partial charge on any atom is -0.388 e. The van der Waals surface area contributed by atoms with Crippen LogP contribution in [0.1, 0.15) is 30.9 Å². The van der Waals surface area contributed by atoms with Gasteiger partial charge in [-0.05, 0) is 43.9 Å². The van der Waals surface area contributed by atoms with Crippen LogP contribution in [0.3, 0.4) is 0 Å². The Balaban J connectivity index is 1.75. The molecule has 1 heterocycles. The second-order valence-electron chi connectivity index (χ2n) is 5.67. The molecule has 0 radical (unpaired) electrons. The zero-order valence-corrected chi connectivity index (χ0v) is 12.9. The molecule has 3 nitrogen and oxygen atoms in total. The van der Waals surface area contributed by atoms with Crippen LogP contribution in [-0.4, -0.2) is 43.4 Å². The van der Waals surface area contributed by atoms with Gasteiger partial charge in [-0.15, -0.1) is 0 Å². The lowest BCUT2D eigenvalue weighted by Crippen LogP contribution is -2.32. The van der Waals surface area contributed by atoms with Crippen LogP contribution in [-0.2, 0) is 4.74 Å². The van der Waals surface area contributed by atoms with Crippen molar-refractivity contribution in [3.8, 4) is 0 Å². The minimum absolute atomic E-state index is 0.492. The molecule has 4 heteroatoms. The second-order valence-corrected chi connectivity index (χ2v) is 6.08. The van der Waals surface area contributed by atoms with Crippen molar-refractivity contribution in [1.82, 2.24) is 4.90 Å². The fourth-order valence-electron chi connectivity index (χ4n) is 2.73. The second kappa shape index (κ2) is 7.99. The van der Waals surface area contributed by atoms with E-state index in [2.05, 4.69) is 11.9 Å². The zero-order valence-electron chi connectivity index (χ0n) is 12.1. The highest BCUT2D eigenvalue weighted by Gasteiger charge is 2.17. The van der Waals surface area contributed by atoms with Gasteiger partial charge in [-0.1, -0.05) is 29.8 Å². The van der Waals surface area contributed by atoms with Crippen molar-refractivity contribution in [2.45, 2.75) is 25.4 Å². The Hall–Kier alpha value is -0.610. The molecule has 2 unspecified atom stereocenters. The Morgan fingerprint density at radius 3 is 2.95 bits per heavy atom. The van der Waals surface area contributed by atoms with Gasteiger partial charge in [-0.3, -0.25) is 0 Å². The SMILES string of the molecule is CN(CCC(O)c1ccccc1Cl)CC1CCCOC1. The van der Waals surface area contributed by atoms with Crippen LogP contribution in [0, 0.1) is 5.92 Å². The summed E-state index contributed by atoms with van der Waals surface area (Å²) in [5.41, 5.74) is 0.823. The van der Waals surface area contributed by atoms with Gasteiger partial charge >= 0.3 is 0 Å². The molecule has 2 atom stereocenters. The van der Waals surface area contributed by atoms with Crippen LogP contribution in [0.4, 0.5) is 0 Å². The highest BCUT2D eigenvalue weighted by atomic mass is 35.5. The normalized spacial score (nSPS) is 21.1. The monoisotopic (exact) mass is 297 g/mol. The van der Waals surface area contributed by atoms with E-state index in [1.807, 2.05) is 24.3 Å². The van der Waals surface area contributed by atoms with Crippen LogP contribution >= 0.6 is 11.6 Å². The fourth-order valence-corrected chi connectivity index (χ4v) is 2.99. The van der Waals surface area contributed by atoms with Gasteiger partial charge in [-0.25, -0.2) is 0 Å². The summed E-state index contributed by atoms with van der Waals surface area (Å²) in [4.78, 5) is 2.28. The van der Waals surface area contributed by atoms with E-state index in [1.165, 1.54) is 12.8 Å². The van der Waals surface area contributed by atoms with Crippen molar-refractivity contribution in [1.29, 1.82) is 0 Å². The predicted molar refractivity (Wildman–Crippen MR) is 82.1 cm³/mol. The van der Waals surface area contributed by atoms with Crippen molar-refractivity contribution in [3.05, 3.63) is 34.9 Å². The number of benzene rings is 1. The van der Waals surface area contributed by atoms with Gasteiger partial charge in [0, 0.05) is 24.7 Å². The van der Waals surface area contributed by atoms with Gasteiger partial charge in [0.25, 0.3) is 0 Å². The lowest BCUT2D eigenvalue weighted by atomic mass is 10.0. The molecule has 20 heavy (non-hydrogen) atoms. The van der Waals surface area contributed by atoms with Crippen LogP contribution in [0.25, 0.3) is 0 Å². The van der Waals surface area contributed by atoms with E-state index in [4.69, 9.17) is 16.3 Å². The standard InChI is InChI=1S/C16H24ClNO2/c1-18(11-13-5-4-10-20-12-13)9-8-16(19)14-6-2-3-7-15(14)17/h2-3,6-7,13,16,19H,4-5,8-12H2,1H3. The molecule has 0 bridgehead atoms. The van der Waals surface area contributed by atoms with E-state index in [1.54, 1.807) is 0 Å². The van der Waals surface area contributed by atoms with E-state index in [0.717, 1.165) is 31.9 Å². The van der Waals surface area contributed by atoms with Gasteiger partial charge in [0.1, 0.15) is 0 Å². The highest BCUT2D eigenvalue weighted by molar-refractivity contribution is 6.31. The molecule has 0 spiro atoms. The van der Waals surface area contributed by atoms with E-state index >= 15 is 0 Å². The Morgan fingerprint density at radius 1 is 1.45 bits per heavy atom. The number of aliphatic hydroxyl groups excluding tert-OH is 1. The number of rotatable bonds is 6. The molecule has 112 valence electrons. The molecule has 1 aliphatic heterocycles. The van der Waals surface area contributed by atoms with Crippen LogP contribution in [0.2, 0.25) is 5.02 Å². The molecular formula is C16H24ClNO2. The third-order valence-electron chi connectivity index (χ3n) is 3.87. The maximum atomic E-state index is 10.2. The van der Waals surface area contributed by atoms with E-state index in [9.17, 15) is 5.11 Å². The maximum absolute atomic E-state index is 10.2. The van der Waals surface area contributed by atoms with Crippen molar-refractivity contribution in [3.63, 3.8) is 0 Å². The predicted octanol–water partition coefficient (Wildman–Crippen LogP) is 3.12. The van der Waals surface area contributed by atoms with Crippen molar-refractivity contribution < 1.29 is 9.84 Å². The summed E-state index contributed by atoms with van der Waals surface area (Å²) in [5, 5.41) is 10.9. The summed E-state index contributed by atoms with van der Waals surface area (Å²) in [7, 11) is 2.11. The Morgan fingerprint density at radius 2 is 2.25 bits per heavy atom. The van der Waals surface area contributed by atoms with Gasteiger partial charge in [-0.2, -0.15) is 0 Å². The maximum Gasteiger partial charge on any atom is 0.0816 e. The molecule has 1 saturated heterocycles. The average Bonchev–Trinajstić information content (AvgIpc) is 2.46. The molecule has 0 amide bonds. The molecule has 1 fully saturated rings. The molecule has 1 N–H and O–H groups in total. The first kappa shape index (κ1) is 15.8. The van der Waals surface area contributed by atoms with E-state index in [0.29, 0.717) is 17.4 Å². The van der Waals surface area contributed by atoms with Gasteiger partial charge in [0.2, 0.25) is 0 Å². The van der Waals surface area contributed by atoms with Crippen LogP contribution in [0.5, 0.6) is 0 Å². The number of hydrogen-bond donors (Lipinski definition) is 1. The lowest BCUT2D eigenvalue weighted by molar-refractivity contribution is 0.0399. The first-order chi connectivity index (χ1) is 9.66. The minimum atomic E-state index is -0.492. The average molecular weight is 298 g/mol. The molecule has 0 aliphatic carbocycles. The zero-order chi connectivity index (χ0) is 14.4. The summed E-state index contributed by atoms with van der Waals surface area (Å²) in [6, 6.07) is 7.51. The van der Waals surface area contributed by atoms with Crippen LogP contribution in [0.15, 0.2) is 24.3 Å². The fraction of sp³-hybridized carbons (Fsp3) is 0.625. The molecule has 1 aromatic rings. The Bertz CT molecular complexity index is 407. The van der Waals surface area contributed by atoms with Crippen LogP contribution < -0.4 is 0 Å². The summed E-state index contributed by atoms with van der Waals surface area (Å²) in [6.07, 6.45) is 2.63. The van der Waals surface area contributed by atoms with E-state index < -0.39 is 6.10 Å². The van der Waals surface area contributed by atoms with E-state index in [-0.39, 0.29) is 0 Å². The summed E-state index contributed by atoms with van der Waals surface area (Å²) in [6.45, 7) is 3.68. The summed E-state index contributed by atoms with van der Waals surface area (Å²) >= 11 is 6.10. The topological polar surface area (TPSA) is 32.7 Å². The summed E-state index contributed by atoms with van der Waals surface area (Å²) in [5.74, 6) is 0.631. The lowest BCUT2D eigenvalue weighted by Gasteiger charge is -2.27. The molecule has 1 aliphatic rings. The number of ether oxygens (including phenoxy) is 1. The molecule has 1 aromatic carbocycles. The largest absolute Gasteiger partial charge is 0.388 e. The smallest absolute Gasteiger partial charge is 0.0816 e. The number of halogens is 1. The van der Waals surface area contributed by atoms with Gasteiger partial charge < -0.3 is 14.7 Å². The molecule has 0 saturated carbocycles. The van der Waals surface area contributed by atoms with Crippen molar-refractivity contribution in [2.24, 2.45) is 5.92 Å². The molecule has 2 rings (SSSR count). The number of hydrogen-bond acceptors (Lipinski definition) is 3. The third-order valence-corrected chi connectivity index (χ3v) is 4.22. The summed E-state index contributed by atoms with van der Waals surface area (Å²) < 4.78 is 5.50. The van der Waals surface area contributed by atoms with Gasteiger partial charge in [0.05, 0.1) is 12.7 Å².